The van der Waals surface area contributed by atoms with Gasteiger partial charge in [0.05, 0.1) is 5.75 Å². The average Bonchev–Trinajstić information content (AvgIpc) is 2.16. The number of hydrogen-bond acceptors (Lipinski definition) is 3. The van der Waals surface area contributed by atoms with Crippen LogP contribution in [0.1, 0.15) is 5.56 Å². The van der Waals surface area contributed by atoms with Crippen LogP contribution in [0.3, 0.4) is 0 Å². The smallest absolute Gasteiger partial charge is 0.387 e. The number of ether oxygens (including phenoxy) is 1. The van der Waals surface area contributed by atoms with Gasteiger partial charge in [-0.25, -0.2) is 0 Å². The molecule has 0 atom stereocenters. The van der Waals surface area contributed by atoms with E-state index in [2.05, 4.69) is 4.74 Å². The molecule has 6 heteroatoms. The number of amides is 1. The highest BCUT2D eigenvalue weighted by atomic mass is 32.2. The van der Waals surface area contributed by atoms with Crippen molar-refractivity contribution in [1.29, 1.82) is 0 Å². The molecule has 0 aromatic heterocycles. The largest absolute Gasteiger partial charge is 0.435 e. The fourth-order valence-corrected chi connectivity index (χ4v) is 1.80. The van der Waals surface area contributed by atoms with E-state index in [1.165, 1.54) is 23.9 Å². The molecule has 3 nitrogen and oxygen atoms in total. The minimum atomic E-state index is -2.83. The molecule has 0 saturated carbocycles. The predicted molar refractivity (Wildman–Crippen MR) is 58.4 cm³/mol. The Morgan fingerprint density at radius 1 is 1.50 bits per heavy atom. The zero-order chi connectivity index (χ0) is 12.0. The normalized spacial score (nSPS) is 10.4. The van der Waals surface area contributed by atoms with Crippen LogP contribution in [-0.2, 0) is 10.5 Å². The van der Waals surface area contributed by atoms with Crippen molar-refractivity contribution in [3.63, 3.8) is 0 Å². The fourth-order valence-electron chi connectivity index (χ4n) is 1.08. The van der Waals surface area contributed by atoms with Crippen LogP contribution in [0.5, 0.6) is 5.75 Å². The lowest BCUT2D eigenvalue weighted by Crippen LogP contribution is -2.13. The molecule has 0 spiro atoms. The molecule has 0 aliphatic carbocycles. The van der Waals surface area contributed by atoms with Gasteiger partial charge in [-0.2, -0.15) is 8.78 Å². The monoisotopic (exact) mass is 247 g/mol. The SMILES string of the molecule is NC(=O)CSCc1cccc(OC(F)F)c1. The molecule has 0 aliphatic heterocycles. The Labute approximate surface area is 96.0 Å². The Morgan fingerprint density at radius 3 is 2.88 bits per heavy atom. The van der Waals surface area contributed by atoms with E-state index in [4.69, 9.17) is 5.73 Å². The van der Waals surface area contributed by atoms with Gasteiger partial charge < -0.3 is 10.5 Å². The number of carbonyl (C=O) groups excluding carboxylic acids is 1. The lowest BCUT2D eigenvalue weighted by Gasteiger charge is -2.06. The van der Waals surface area contributed by atoms with E-state index in [1.807, 2.05) is 0 Å². The topological polar surface area (TPSA) is 52.3 Å². The van der Waals surface area contributed by atoms with Gasteiger partial charge in [-0.15, -0.1) is 11.8 Å². The van der Waals surface area contributed by atoms with Crippen molar-refractivity contribution < 1.29 is 18.3 Å². The molecule has 0 aliphatic rings. The van der Waals surface area contributed by atoms with Gasteiger partial charge in [0.25, 0.3) is 0 Å². The minimum absolute atomic E-state index is 0.118. The van der Waals surface area contributed by atoms with Gasteiger partial charge in [-0.05, 0) is 17.7 Å². The summed E-state index contributed by atoms with van der Waals surface area (Å²) in [6, 6.07) is 6.36. The van der Waals surface area contributed by atoms with Crippen LogP contribution in [0.4, 0.5) is 8.78 Å². The lowest BCUT2D eigenvalue weighted by atomic mass is 10.2. The van der Waals surface area contributed by atoms with Crippen molar-refractivity contribution in [3.05, 3.63) is 29.8 Å². The molecule has 1 aromatic rings. The summed E-state index contributed by atoms with van der Waals surface area (Å²) in [7, 11) is 0. The van der Waals surface area contributed by atoms with Crippen molar-refractivity contribution >= 4 is 17.7 Å². The third-order valence-electron chi connectivity index (χ3n) is 1.64. The Morgan fingerprint density at radius 2 is 2.25 bits per heavy atom. The third-order valence-corrected chi connectivity index (χ3v) is 2.66. The molecule has 88 valence electrons. The highest BCUT2D eigenvalue weighted by Crippen LogP contribution is 2.19. The Kier molecular flexibility index (Phi) is 5.04. The van der Waals surface area contributed by atoms with Crippen LogP contribution in [0.2, 0.25) is 0 Å². The summed E-state index contributed by atoms with van der Waals surface area (Å²) in [5.74, 6) is 0.459. The van der Waals surface area contributed by atoms with Gasteiger partial charge in [0, 0.05) is 5.75 Å². The number of benzene rings is 1. The molecule has 2 N–H and O–H groups in total. The first-order valence-corrected chi connectivity index (χ1v) is 5.63. The summed E-state index contributed by atoms with van der Waals surface area (Å²) in [5.41, 5.74) is 5.78. The maximum absolute atomic E-state index is 11.9. The number of halogens is 2. The second-order valence-corrected chi connectivity index (χ2v) is 3.97. The molecule has 1 aromatic carbocycles. The molecule has 16 heavy (non-hydrogen) atoms. The molecule has 0 fully saturated rings. The van der Waals surface area contributed by atoms with E-state index in [0.29, 0.717) is 5.75 Å². The van der Waals surface area contributed by atoms with E-state index < -0.39 is 12.5 Å². The second-order valence-electron chi connectivity index (χ2n) is 2.99. The first-order chi connectivity index (χ1) is 7.58. The first kappa shape index (κ1) is 12.8. The fraction of sp³-hybridized carbons (Fsp3) is 0.300. The van der Waals surface area contributed by atoms with Gasteiger partial charge in [0.2, 0.25) is 5.91 Å². The van der Waals surface area contributed by atoms with Crippen LogP contribution >= 0.6 is 11.8 Å². The number of alkyl halides is 2. The maximum Gasteiger partial charge on any atom is 0.387 e. The summed E-state index contributed by atoms with van der Waals surface area (Å²) in [5, 5.41) is 0. The number of hydrogen-bond donors (Lipinski definition) is 1. The standard InChI is InChI=1S/C10H11F2NO2S/c11-10(12)15-8-3-1-2-7(4-8)5-16-6-9(13)14/h1-4,10H,5-6H2,(H2,13,14). The van der Waals surface area contributed by atoms with E-state index in [-0.39, 0.29) is 11.5 Å². The van der Waals surface area contributed by atoms with Crippen LogP contribution in [0, 0.1) is 0 Å². The summed E-state index contributed by atoms with van der Waals surface area (Å²) in [6.07, 6.45) is 0. The first-order valence-electron chi connectivity index (χ1n) is 4.47. The van der Waals surface area contributed by atoms with E-state index in [0.717, 1.165) is 5.56 Å². The van der Waals surface area contributed by atoms with Gasteiger partial charge in [-0.3, -0.25) is 4.79 Å². The lowest BCUT2D eigenvalue weighted by molar-refractivity contribution is -0.115. The van der Waals surface area contributed by atoms with E-state index in [9.17, 15) is 13.6 Å². The number of carbonyl (C=O) groups is 1. The summed E-state index contributed by atoms with van der Waals surface area (Å²) in [4.78, 5) is 10.5. The highest BCUT2D eigenvalue weighted by Gasteiger charge is 2.04. The Hall–Kier alpha value is -1.30. The molecule has 0 radical (unpaired) electrons. The second kappa shape index (κ2) is 6.32. The van der Waals surface area contributed by atoms with Crippen LogP contribution in [0.15, 0.2) is 24.3 Å². The Balaban J connectivity index is 2.50. The van der Waals surface area contributed by atoms with Crippen LogP contribution in [0.25, 0.3) is 0 Å². The zero-order valence-corrected chi connectivity index (χ0v) is 9.18. The average molecular weight is 247 g/mol. The molecule has 0 unspecified atom stereocenters. The van der Waals surface area contributed by atoms with Crippen molar-refractivity contribution in [2.24, 2.45) is 5.73 Å². The van der Waals surface area contributed by atoms with Crippen molar-refractivity contribution in [3.8, 4) is 5.75 Å². The van der Waals surface area contributed by atoms with Gasteiger partial charge in [0.15, 0.2) is 0 Å². The minimum Gasteiger partial charge on any atom is -0.435 e. The number of primary amides is 1. The van der Waals surface area contributed by atoms with Crippen molar-refractivity contribution in [1.82, 2.24) is 0 Å². The van der Waals surface area contributed by atoms with Crippen LogP contribution < -0.4 is 10.5 Å². The van der Waals surface area contributed by atoms with Crippen molar-refractivity contribution in [2.75, 3.05) is 5.75 Å². The quantitative estimate of drug-likeness (QED) is 0.836. The molecule has 0 heterocycles. The van der Waals surface area contributed by atoms with Crippen molar-refractivity contribution in [2.45, 2.75) is 12.4 Å². The molecule has 1 rings (SSSR count). The highest BCUT2D eigenvalue weighted by molar-refractivity contribution is 7.99. The maximum atomic E-state index is 11.9. The van der Waals surface area contributed by atoms with Crippen LogP contribution in [-0.4, -0.2) is 18.3 Å². The number of nitrogens with two attached hydrogens (primary N) is 1. The molecule has 1 amide bonds. The molecule has 0 saturated heterocycles. The van der Waals surface area contributed by atoms with E-state index >= 15 is 0 Å². The van der Waals surface area contributed by atoms with E-state index in [1.54, 1.807) is 12.1 Å². The summed E-state index contributed by atoms with van der Waals surface area (Å²) >= 11 is 1.32. The molecular weight excluding hydrogens is 236 g/mol. The predicted octanol–water partition coefficient (Wildman–Crippen LogP) is 2.01. The van der Waals surface area contributed by atoms with Gasteiger partial charge in [0.1, 0.15) is 5.75 Å². The Bertz CT molecular complexity index is 360. The van der Waals surface area contributed by atoms with Gasteiger partial charge >= 0.3 is 6.61 Å². The third kappa shape index (κ3) is 4.97. The van der Waals surface area contributed by atoms with Gasteiger partial charge in [-0.1, -0.05) is 12.1 Å². The molecular formula is C10H11F2NO2S. The summed E-state index contributed by atoms with van der Waals surface area (Å²) < 4.78 is 28.1. The number of thioether (sulfide) groups is 1. The zero-order valence-electron chi connectivity index (χ0n) is 8.36. The summed E-state index contributed by atoms with van der Waals surface area (Å²) in [6.45, 7) is -2.83. The molecule has 0 bridgehead atoms. The number of rotatable bonds is 6.